The SMILES string of the molecule is CC1(C)c2cc(-c3cccc4c3oc3ccccc34)ccc2-c2ccc(C(c3ccc(-c4ccc(-c5ccccc5)cc4)cc3)c3ccc(-c4cccc5ccccc45)cc3)cc21. The molecule has 0 amide bonds. The van der Waals surface area contributed by atoms with E-state index in [1.165, 1.54) is 88.7 Å². The fraction of sp³-hybridized carbons (Fsp3) is 0.0645. The van der Waals surface area contributed by atoms with Crippen molar-refractivity contribution in [3.63, 3.8) is 0 Å². The van der Waals surface area contributed by atoms with Crippen molar-refractivity contribution in [2.75, 3.05) is 0 Å². The first-order valence-electron chi connectivity index (χ1n) is 22.0. The molecule has 1 aromatic heterocycles. The van der Waals surface area contributed by atoms with E-state index in [9.17, 15) is 0 Å². The Morgan fingerprint density at radius 1 is 0.333 bits per heavy atom. The van der Waals surface area contributed by atoms with Gasteiger partial charge in [0, 0.05) is 27.7 Å². The standard InChI is InChI=1S/C62H44O/c1-62(2)57-38-48(52-19-11-20-56-55-17-8-9-21-59(55)63-61(52)56)34-36-53(57)54-37-35-49(39-58(54)62)60(47-32-28-45(29-33-47)51-18-10-15-44-14-6-7-16-50(44)51)46-30-26-43(27-31-46)42-24-22-41(23-25-42)40-12-4-3-5-13-40/h3-39,60H,1-2H3. The molecule has 1 aliphatic rings. The molecule has 0 saturated carbocycles. The largest absolute Gasteiger partial charge is 0.455 e. The van der Waals surface area contributed by atoms with Gasteiger partial charge in [-0.25, -0.2) is 0 Å². The summed E-state index contributed by atoms with van der Waals surface area (Å²) in [4.78, 5) is 0. The van der Waals surface area contributed by atoms with Crippen molar-refractivity contribution in [3.05, 3.63) is 252 Å². The molecule has 0 radical (unpaired) electrons. The zero-order valence-electron chi connectivity index (χ0n) is 35.3. The molecule has 11 aromatic rings. The van der Waals surface area contributed by atoms with Crippen LogP contribution in [0, 0.1) is 0 Å². The van der Waals surface area contributed by atoms with Gasteiger partial charge >= 0.3 is 0 Å². The Bertz CT molecular complexity index is 3490. The first-order chi connectivity index (χ1) is 31.0. The minimum Gasteiger partial charge on any atom is -0.455 e. The molecule has 0 saturated heterocycles. The monoisotopic (exact) mass is 804 g/mol. The molecule has 12 rings (SSSR count). The minimum atomic E-state index is -0.211. The smallest absolute Gasteiger partial charge is 0.143 e. The summed E-state index contributed by atoms with van der Waals surface area (Å²) >= 11 is 0. The Labute approximate surface area is 368 Å². The van der Waals surface area contributed by atoms with Crippen LogP contribution in [0.3, 0.4) is 0 Å². The lowest BCUT2D eigenvalue weighted by Gasteiger charge is -2.25. The lowest BCUT2D eigenvalue weighted by atomic mass is 9.78. The van der Waals surface area contributed by atoms with Crippen LogP contribution in [0.2, 0.25) is 0 Å². The van der Waals surface area contributed by atoms with E-state index >= 15 is 0 Å². The lowest BCUT2D eigenvalue weighted by molar-refractivity contribution is 0.658. The second-order valence-corrected chi connectivity index (χ2v) is 17.6. The summed E-state index contributed by atoms with van der Waals surface area (Å²) in [5.41, 5.74) is 20.5. The van der Waals surface area contributed by atoms with Gasteiger partial charge in [-0.2, -0.15) is 0 Å². The Balaban J connectivity index is 0.933. The number of hydrogen-bond donors (Lipinski definition) is 0. The molecule has 298 valence electrons. The van der Waals surface area contributed by atoms with Crippen LogP contribution in [-0.4, -0.2) is 0 Å². The zero-order chi connectivity index (χ0) is 42.1. The van der Waals surface area contributed by atoms with Gasteiger partial charge in [0.1, 0.15) is 11.2 Å². The van der Waals surface area contributed by atoms with Gasteiger partial charge in [0.15, 0.2) is 0 Å². The highest BCUT2D eigenvalue weighted by molar-refractivity contribution is 6.09. The quantitative estimate of drug-likeness (QED) is 0.146. The summed E-state index contributed by atoms with van der Waals surface area (Å²) in [6.07, 6.45) is 0. The zero-order valence-corrected chi connectivity index (χ0v) is 35.3. The summed E-state index contributed by atoms with van der Waals surface area (Å²) in [6.45, 7) is 4.78. The summed E-state index contributed by atoms with van der Waals surface area (Å²) in [5, 5.41) is 4.84. The summed E-state index contributed by atoms with van der Waals surface area (Å²) in [6, 6.07) is 82.5. The van der Waals surface area contributed by atoms with Gasteiger partial charge in [-0.3, -0.25) is 0 Å². The average Bonchev–Trinajstić information content (AvgIpc) is 3.83. The highest BCUT2D eigenvalue weighted by Gasteiger charge is 2.36. The van der Waals surface area contributed by atoms with Gasteiger partial charge < -0.3 is 4.42 Å². The highest BCUT2D eigenvalue weighted by Crippen LogP contribution is 2.51. The van der Waals surface area contributed by atoms with Gasteiger partial charge in [-0.1, -0.05) is 226 Å². The Morgan fingerprint density at radius 3 is 1.56 bits per heavy atom. The van der Waals surface area contributed by atoms with Gasteiger partial charge in [0.2, 0.25) is 0 Å². The first-order valence-corrected chi connectivity index (χ1v) is 22.0. The molecule has 1 heteroatoms. The first kappa shape index (κ1) is 37.1. The minimum absolute atomic E-state index is 0.0344. The lowest BCUT2D eigenvalue weighted by Crippen LogP contribution is -2.16. The molecule has 1 atom stereocenters. The highest BCUT2D eigenvalue weighted by atomic mass is 16.3. The summed E-state index contributed by atoms with van der Waals surface area (Å²) in [5.74, 6) is 0.0344. The number of fused-ring (bicyclic) bond motifs is 7. The predicted molar refractivity (Wildman–Crippen MR) is 264 cm³/mol. The third-order valence-corrected chi connectivity index (χ3v) is 13.7. The normalized spacial score (nSPS) is 13.3. The Morgan fingerprint density at radius 2 is 0.825 bits per heavy atom. The van der Waals surface area contributed by atoms with Crippen molar-refractivity contribution < 1.29 is 4.42 Å². The second kappa shape index (κ2) is 14.7. The van der Waals surface area contributed by atoms with Gasteiger partial charge in [-0.15, -0.1) is 0 Å². The van der Waals surface area contributed by atoms with E-state index in [0.717, 1.165) is 27.5 Å². The number of para-hydroxylation sites is 2. The number of rotatable bonds is 7. The van der Waals surface area contributed by atoms with Crippen LogP contribution in [0.15, 0.2) is 229 Å². The molecule has 63 heavy (non-hydrogen) atoms. The molecular weight excluding hydrogens is 761 g/mol. The van der Waals surface area contributed by atoms with Crippen molar-refractivity contribution in [2.45, 2.75) is 25.2 Å². The number of furan rings is 1. The van der Waals surface area contributed by atoms with Crippen LogP contribution < -0.4 is 0 Å². The molecule has 0 fully saturated rings. The molecule has 1 aliphatic carbocycles. The maximum atomic E-state index is 6.50. The molecule has 1 nitrogen and oxygen atoms in total. The van der Waals surface area contributed by atoms with E-state index in [1.54, 1.807) is 0 Å². The van der Waals surface area contributed by atoms with E-state index in [-0.39, 0.29) is 11.3 Å². The molecule has 0 spiro atoms. The van der Waals surface area contributed by atoms with E-state index < -0.39 is 0 Å². The predicted octanol–water partition coefficient (Wildman–Crippen LogP) is 16.9. The second-order valence-electron chi connectivity index (χ2n) is 17.6. The van der Waals surface area contributed by atoms with Crippen LogP contribution in [-0.2, 0) is 5.41 Å². The Kier molecular flexibility index (Phi) is 8.66. The van der Waals surface area contributed by atoms with Crippen LogP contribution in [0.5, 0.6) is 0 Å². The van der Waals surface area contributed by atoms with Crippen molar-refractivity contribution >= 4 is 32.7 Å². The molecular formula is C62H44O. The van der Waals surface area contributed by atoms with Gasteiger partial charge in [0.05, 0.1) is 0 Å². The summed E-state index contributed by atoms with van der Waals surface area (Å²) in [7, 11) is 0. The number of benzene rings is 10. The van der Waals surface area contributed by atoms with Crippen molar-refractivity contribution in [1.29, 1.82) is 0 Å². The van der Waals surface area contributed by atoms with Gasteiger partial charge in [-0.05, 0) is 101 Å². The fourth-order valence-corrected chi connectivity index (χ4v) is 10.3. The van der Waals surface area contributed by atoms with Crippen LogP contribution in [0.25, 0.3) is 88.3 Å². The maximum Gasteiger partial charge on any atom is 0.143 e. The molecule has 0 N–H and O–H groups in total. The third kappa shape index (κ3) is 6.23. The maximum absolute atomic E-state index is 6.50. The average molecular weight is 805 g/mol. The van der Waals surface area contributed by atoms with E-state index in [0.29, 0.717) is 0 Å². The third-order valence-electron chi connectivity index (χ3n) is 13.7. The molecule has 10 aromatic carbocycles. The summed E-state index contributed by atoms with van der Waals surface area (Å²) < 4.78 is 6.50. The van der Waals surface area contributed by atoms with E-state index in [2.05, 4.69) is 232 Å². The van der Waals surface area contributed by atoms with Crippen LogP contribution in [0.4, 0.5) is 0 Å². The molecule has 0 bridgehead atoms. The van der Waals surface area contributed by atoms with Crippen LogP contribution in [0.1, 0.15) is 47.6 Å². The van der Waals surface area contributed by atoms with Crippen molar-refractivity contribution in [2.24, 2.45) is 0 Å². The fourth-order valence-electron chi connectivity index (χ4n) is 10.3. The number of hydrogen-bond acceptors (Lipinski definition) is 1. The van der Waals surface area contributed by atoms with Crippen molar-refractivity contribution in [1.82, 2.24) is 0 Å². The molecule has 1 heterocycles. The molecule has 0 aliphatic heterocycles. The Hall–Kier alpha value is -7.74. The van der Waals surface area contributed by atoms with Crippen LogP contribution >= 0.6 is 0 Å². The van der Waals surface area contributed by atoms with Crippen molar-refractivity contribution in [3.8, 4) is 55.6 Å². The van der Waals surface area contributed by atoms with Gasteiger partial charge in [0.25, 0.3) is 0 Å². The van der Waals surface area contributed by atoms with E-state index in [1.807, 2.05) is 6.07 Å². The topological polar surface area (TPSA) is 13.1 Å². The molecule has 1 unspecified atom stereocenters. The van der Waals surface area contributed by atoms with E-state index in [4.69, 9.17) is 4.42 Å².